The summed E-state index contributed by atoms with van der Waals surface area (Å²) in [4.78, 5) is 74.9. The molecule has 0 bridgehead atoms. The molecule has 0 unspecified atom stereocenters. The van der Waals surface area contributed by atoms with E-state index < -0.39 is 35.4 Å². The van der Waals surface area contributed by atoms with E-state index >= 15 is 8.78 Å². The van der Waals surface area contributed by atoms with Gasteiger partial charge in [-0.15, -0.1) is 0 Å². The molecule has 3 saturated heterocycles. The number of aromatic nitrogens is 5. The third-order valence-electron chi connectivity index (χ3n) is 11.8. The van der Waals surface area contributed by atoms with E-state index in [1.807, 2.05) is 43.5 Å². The molecule has 0 saturated carbocycles. The first-order valence-corrected chi connectivity index (χ1v) is 20.2. The first-order chi connectivity index (χ1) is 28.9. The molecule has 4 aliphatic heterocycles. The number of hydrazine groups is 1. The van der Waals surface area contributed by atoms with Crippen LogP contribution in [0.5, 0.6) is 0 Å². The minimum atomic E-state index is -0.781. The van der Waals surface area contributed by atoms with Crippen molar-refractivity contribution in [1.29, 1.82) is 0 Å². The number of imide groups is 2. The van der Waals surface area contributed by atoms with Crippen LogP contribution < -0.4 is 15.5 Å². The number of benzene rings is 2. The normalized spacial score (nSPS) is 18.3. The van der Waals surface area contributed by atoms with E-state index in [0.29, 0.717) is 29.7 Å². The number of aryl methyl sites for hydroxylation is 1. The molecule has 2 aromatic carbocycles. The topological polar surface area (TPSA) is 165 Å². The summed E-state index contributed by atoms with van der Waals surface area (Å²) in [6.07, 6.45) is 4.90. The number of carbonyl (C=O) groups excluding carboxylic acids is 4. The smallest absolute Gasteiger partial charge is 0.343 e. The lowest BCUT2D eigenvalue weighted by molar-refractivity contribution is -0.122. The lowest BCUT2D eigenvalue weighted by atomic mass is 10.0. The van der Waals surface area contributed by atoms with Crippen molar-refractivity contribution in [2.24, 2.45) is 0 Å². The van der Waals surface area contributed by atoms with Gasteiger partial charge in [-0.05, 0) is 75.6 Å². The number of anilines is 3. The second-order valence-corrected chi connectivity index (χ2v) is 15.9. The highest BCUT2D eigenvalue weighted by atomic mass is 19.1. The molecule has 3 fully saturated rings. The first-order valence-electron chi connectivity index (χ1n) is 20.2. The predicted molar refractivity (Wildman–Crippen MR) is 217 cm³/mol. The Kier molecular flexibility index (Phi) is 10.2. The van der Waals surface area contributed by atoms with Crippen LogP contribution in [0.25, 0.3) is 22.3 Å². The fraction of sp³-hybridized carbons (Fsp3) is 0.381. The van der Waals surface area contributed by atoms with Gasteiger partial charge in [0, 0.05) is 69.9 Å². The number of urea groups is 1. The Morgan fingerprint density at radius 3 is 2.32 bits per heavy atom. The summed E-state index contributed by atoms with van der Waals surface area (Å²) in [5.74, 6) is -1.49. The first kappa shape index (κ1) is 39.1. The number of amides is 5. The molecule has 5 aromatic rings. The van der Waals surface area contributed by atoms with E-state index in [-0.39, 0.29) is 52.9 Å². The number of nitrogens with one attached hydrogen (secondary N) is 2. The maximum Gasteiger partial charge on any atom is 0.343 e. The maximum atomic E-state index is 15.2. The number of imidazole rings is 1. The molecular formula is C42H44F2N12O4. The molecule has 5 amide bonds. The number of nitrogens with zero attached hydrogens (tertiary/aromatic N) is 10. The van der Waals surface area contributed by atoms with Crippen molar-refractivity contribution in [2.75, 3.05) is 56.0 Å². The van der Waals surface area contributed by atoms with Crippen molar-refractivity contribution in [2.45, 2.75) is 58.7 Å². The third kappa shape index (κ3) is 7.29. The van der Waals surface area contributed by atoms with Crippen molar-refractivity contribution in [1.82, 2.24) is 49.6 Å². The standard InChI is InChI=1S/C42H44F2N12O4/c1-24(2)55-25(3)47-38-32(43)19-27(20-34(38)55)37-33(44)22-46-41(50-37)48-35-7-5-29(21-45-35)52-11-8-28(9-12-52)53-16-14-51(15-17-53)23-26-4-6-30-31(18-26)40(59)56(39(30)58)54-13-10-36(57)49-42(54)60/h4-7,18-22,24,28H,8-17,23H2,1-3H3,(H,49,57,60)(H,45,46,48,50). The van der Waals surface area contributed by atoms with Gasteiger partial charge in [-0.3, -0.25) is 29.5 Å². The Morgan fingerprint density at radius 2 is 1.60 bits per heavy atom. The Bertz CT molecular complexity index is 2530. The molecule has 0 spiro atoms. The number of hydrogen-bond acceptors (Lipinski definition) is 12. The van der Waals surface area contributed by atoms with E-state index in [1.165, 1.54) is 6.07 Å². The Labute approximate surface area is 344 Å². The second kappa shape index (κ2) is 15.6. The largest absolute Gasteiger partial charge is 0.370 e. The van der Waals surface area contributed by atoms with E-state index in [0.717, 1.165) is 79.6 Å². The van der Waals surface area contributed by atoms with Crippen molar-refractivity contribution in [3.05, 3.63) is 89.0 Å². The van der Waals surface area contributed by atoms with Crippen LogP contribution in [0.2, 0.25) is 0 Å². The van der Waals surface area contributed by atoms with Crippen molar-refractivity contribution >= 4 is 52.2 Å². The fourth-order valence-electron chi connectivity index (χ4n) is 8.82. The highest BCUT2D eigenvalue weighted by molar-refractivity contribution is 6.22. The van der Waals surface area contributed by atoms with Crippen LogP contribution in [0.3, 0.4) is 0 Å². The summed E-state index contributed by atoms with van der Waals surface area (Å²) < 4.78 is 32.1. The number of halogens is 2. The fourth-order valence-corrected chi connectivity index (χ4v) is 8.82. The number of pyridine rings is 1. The van der Waals surface area contributed by atoms with Gasteiger partial charge in [-0.1, -0.05) is 6.07 Å². The molecule has 4 aliphatic rings. The third-order valence-corrected chi connectivity index (χ3v) is 11.8. The van der Waals surface area contributed by atoms with Crippen molar-refractivity contribution < 1.29 is 28.0 Å². The number of piperazine rings is 1. The van der Waals surface area contributed by atoms with Crippen LogP contribution in [0.4, 0.5) is 31.0 Å². The number of piperidine rings is 1. The van der Waals surface area contributed by atoms with E-state index in [1.54, 1.807) is 24.4 Å². The Balaban J connectivity index is 0.767. The Morgan fingerprint density at radius 1 is 0.833 bits per heavy atom. The maximum absolute atomic E-state index is 15.2. The van der Waals surface area contributed by atoms with Crippen molar-refractivity contribution in [3.63, 3.8) is 0 Å². The minimum Gasteiger partial charge on any atom is -0.370 e. The molecule has 310 valence electrons. The van der Waals surface area contributed by atoms with Gasteiger partial charge in [0.2, 0.25) is 11.9 Å². The van der Waals surface area contributed by atoms with E-state index in [9.17, 15) is 19.2 Å². The van der Waals surface area contributed by atoms with E-state index in [2.05, 4.69) is 45.3 Å². The number of hydrogen-bond donors (Lipinski definition) is 2. The lowest BCUT2D eigenvalue weighted by Crippen LogP contribution is -2.58. The summed E-state index contributed by atoms with van der Waals surface area (Å²) >= 11 is 0. The molecule has 7 heterocycles. The van der Waals surface area contributed by atoms with Crippen LogP contribution in [0.15, 0.2) is 54.9 Å². The molecule has 60 heavy (non-hydrogen) atoms. The average Bonchev–Trinajstić information content (AvgIpc) is 3.71. The van der Waals surface area contributed by atoms with Crippen molar-refractivity contribution in [3.8, 4) is 11.3 Å². The van der Waals surface area contributed by atoms with Gasteiger partial charge in [0.25, 0.3) is 11.8 Å². The monoisotopic (exact) mass is 818 g/mol. The summed E-state index contributed by atoms with van der Waals surface area (Å²) in [5.41, 5.74) is 3.48. The SMILES string of the molecule is Cc1nc2c(F)cc(-c3nc(Nc4ccc(N5CCC(N6CCN(Cc7ccc8c(c7)C(=O)N(N7CCC(=O)NC7=O)C8=O)CC6)CC5)cn4)ncc3F)cc2n1C(C)C. The van der Waals surface area contributed by atoms with Gasteiger partial charge >= 0.3 is 6.03 Å². The Hall–Kier alpha value is -6.40. The average molecular weight is 819 g/mol. The molecule has 9 rings (SSSR count). The zero-order valence-electron chi connectivity index (χ0n) is 33.5. The molecule has 0 aliphatic carbocycles. The van der Waals surface area contributed by atoms with E-state index in [4.69, 9.17) is 0 Å². The molecular weight excluding hydrogens is 775 g/mol. The van der Waals surface area contributed by atoms with Gasteiger partial charge in [0.05, 0.1) is 41.3 Å². The predicted octanol–water partition coefficient (Wildman–Crippen LogP) is 5.04. The summed E-state index contributed by atoms with van der Waals surface area (Å²) in [7, 11) is 0. The molecule has 0 atom stereocenters. The molecule has 2 N–H and O–H groups in total. The summed E-state index contributed by atoms with van der Waals surface area (Å²) in [6, 6.07) is 11.7. The van der Waals surface area contributed by atoms with Crippen LogP contribution >= 0.6 is 0 Å². The van der Waals surface area contributed by atoms with Crippen LogP contribution in [0, 0.1) is 18.6 Å². The van der Waals surface area contributed by atoms with Gasteiger partial charge in [-0.25, -0.2) is 38.5 Å². The lowest BCUT2D eigenvalue weighted by Gasteiger charge is -2.43. The second-order valence-electron chi connectivity index (χ2n) is 15.9. The molecule has 18 heteroatoms. The highest BCUT2D eigenvalue weighted by Crippen LogP contribution is 2.32. The molecule has 0 radical (unpaired) electrons. The van der Waals surface area contributed by atoms with Gasteiger partial charge in [0.1, 0.15) is 22.9 Å². The number of fused-ring (bicyclic) bond motifs is 2. The zero-order valence-corrected chi connectivity index (χ0v) is 33.5. The van der Waals surface area contributed by atoms with Gasteiger partial charge in [-0.2, -0.15) is 5.01 Å². The minimum absolute atomic E-state index is 0.0108. The van der Waals surface area contributed by atoms with Gasteiger partial charge in [0.15, 0.2) is 11.6 Å². The van der Waals surface area contributed by atoms with Gasteiger partial charge < -0.3 is 14.8 Å². The summed E-state index contributed by atoms with van der Waals surface area (Å²) in [6.45, 7) is 11.7. The van der Waals surface area contributed by atoms with Crippen LogP contribution in [0.1, 0.15) is 71.3 Å². The molecule has 16 nitrogen and oxygen atoms in total. The highest BCUT2D eigenvalue weighted by Gasteiger charge is 2.43. The zero-order chi connectivity index (χ0) is 41.8. The number of rotatable bonds is 9. The quantitative estimate of drug-likeness (QED) is 0.191. The van der Waals surface area contributed by atoms with Crippen LogP contribution in [-0.2, 0) is 11.3 Å². The molecule has 3 aromatic heterocycles. The number of carbonyl (C=O) groups is 4. The van der Waals surface area contributed by atoms with Crippen LogP contribution in [-0.4, -0.2) is 120 Å². The summed E-state index contributed by atoms with van der Waals surface area (Å²) in [5, 5.41) is 7.06.